The van der Waals surface area contributed by atoms with Crippen molar-refractivity contribution in [1.82, 2.24) is 4.98 Å². The Morgan fingerprint density at radius 1 is 1.25 bits per heavy atom. The van der Waals surface area contributed by atoms with Gasteiger partial charge in [-0.3, -0.25) is 9.78 Å². The predicted octanol–water partition coefficient (Wildman–Crippen LogP) is 4.48. The molecule has 0 amide bonds. The van der Waals surface area contributed by atoms with Crippen LogP contribution < -0.4 is 0 Å². The summed E-state index contributed by atoms with van der Waals surface area (Å²) in [7, 11) is 0. The average molecular weight is 335 g/mol. The van der Waals surface area contributed by atoms with Crippen LogP contribution in [0.25, 0.3) is 11.3 Å². The second-order valence-corrected chi connectivity index (χ2v) is 5.14. The molecule has 1 aromatic carbocycles. The van der Waals surface area contributed by atoms with Crippen LogP contribution in [0.3, 0.4) is 0 Å². The Kier molecular flexibility index (Phi) is 4.48. The van der Waals surface area contributed by atoms with Gasteiger partial charge in [-0.25, -0.2) is 4.39 Å². The first-order valence-corrected chi connectivity index (χ1v) is 6.53. The summed E-state index contributed by atoms with van der Waals surface area (Å²) in [5.41, 5.74) is 0.599. The number of benzene rings is 1. The van der Waals surface area contributed by atoms with Crippen molar-refractivity contribution in [3.63, 3.8) is 0 Å². The van der Waals surface area contributed by atoms with Crippen LogP contribution in [0.4, 0.5) is 4.39 Å². The summed E-state index contributed by atoms with van der Waals surface area (Å²) in [5, 5.41) is 9.49. The molecule has 1 N–H and O–H groups in total. The van der Waals surface area contributed by atoms with Crippen LogP contribution in [0.5, 0.6) is 0 Å². The number of hydrogen-bond acceptors (Lipinski definition) is 2. The third kappa shape index (κ3) is 3.03. The van der Waals surface area contributed by atoms with Gasteiger partial charge in [0.2, 0.25) is 0 Å². The Hall–Kier alpha value is -1.36. The maximum Gasteiger partial charge on any atom is 0.307 e. The minimum absolute atomic E-state index is 0.00499. The number of aromatic nitrogens is 1. The Balaban J connectivity index is 2.59. The molecule has 0 unspecified atom stereocenters. The molecule has 7 heteroatoms. The summed E-state index contributed by atoms with van der Waals surface area (Å²) < 4.78 is 13.5. The van der Waals surface area contributed by atoms with Gasteiger partial charge in [-0.15, -0.1) is 0 Å². The topological polar surface area (TPSA) is 50.2 Å². The van der Waals surface area contributed by atoms with Gasteiger partial charge >= 0.3 is 5.97 Å². The molecule has 0 saturated heterocycles. The number of carboxylic acid groups (broad SMARTS) is 1. The monoisotopic (exact) mass is 333 g/mol. The summed E-state index contributed by atoms with van der Waals surface area (Å²) in [6, 6.07) is 4.36. The van der Waals surface area contributed by atoms with E-state index in [0.717, 1.165) is 6.20 Å². The summed E-state index contributed by atoms with van der Waals surface area (Å²) in [5.74, 6) is -1.85. The van der Waals surface area contributed by atoms with Crippen LogP contribution in [0.15, 0.2) is 24.4 Å². The number of halogens is 4. The average Bonchev–Trinajstić information content (AvgIpc) is 2.37. The van der Waals surface area contributed by atoms with Crippen molar-refractivity contribution < 1.29 is 14.3 Å². The molecule has 20 heavy (non-hydrogen) atoms. The van der Waals surface area contributed by atoms with E-state index < -0.39 is 18.2 Å². The molecule has 1 aromatic heterocycles. The van der Waals surface area contributed by atoms with Crippen molar-refractivity contribution in [3.05, 3.63) is 50.8 Å². The molecule has 0 bridgehead atoms. The first kappa shape index (κ1) is 15.0. The maximum absolute atomic E-state index is 13.5. The molecule has 1 heterocycles. The van der Waals surface area contributed by atoms with Gasteiger partial charge < -0.3 is 5.11 Å². The van der Waals surface area contributed by atoms with Gasteiger partial charge in [0.25, 0.3) is 0 Å². The molecule has 0 fully saturated rings. The van der Waals surface area contributed by atoms with Crippen molar-refractivity contribution >= 4 is 40.8 Å². The van der Waals surface area contributed by atoms with Crippen LogP contribution in [-0.2, 0) is 11.2 Å². The van der Waals surface area contributed by atoms with Crippen molar-refractivity contribution in [2.45, 2.75) is 6.42 Å². The fraction of sp³-hybridized carbons (Fsp3) is 0.0769. The van der Waals surface area contributed by atoms with E-state index in [1.165, 1.54) is 18.2 Å². The number of carbonyl (C=O) groups is 1. The molecule has 0 spiro atoms. The number of carboxylic acids is 1. The first-order chi connectivity index (χ1) is 9.40. The van der Waals surface area contributed by atoms with E-state index in [4.69, 9.17) is 39.9 Å². The molecule has 2 aromatic rings. The quantitative estimate of drug-likeness (QED) is 0.842. The summed E-state index contributed by atoms with van der Waals surface area (Å²) in [4.78, 5) is 14.6. The molecule has 2 rings (SSSR count). The van der Waals surface area contributed by atoms with Gasteiger partial charge in [-0.1, -0.05) is 34.8 Å². The van der Waals surface area contributed by atoms with Crippen LogP contribution in [0, 0.1) is 5.82 Å². The largest absolute Gasteiger partial charge is 0.481 e. The number of nitrogens with zero attached hydrogens (tertiary/aromatic N) is 1. The van der Waals surface area contributed by atoms with Gasteiger partial charge in [0.1, 0.15) is 5.82 Å². The van der Waals surface area contributed by atoms with Crippen molar-refractivity contribution in [1.29, 1.82) is 0 Å². The zero-order chi connectivity index (χ0) is 14.9. The van der Waals surface area contributed by atoms with Crippen LogP contribution in [-0.4, -0.2) is 16.1 Å². The first-order valence-electron chi connectivity index (χ1n) is 5.40. The Morgan fingerprint density at radius 3 is 2.55 bits per heavy atom. The molecule has 0 aliphatic heterocycles. The van der Waals surface area contributed by atoms with Crippen LogP contribution in [0.1, 0.15) is 5.56 Å². The van der Waals surface area contributed by atoms with E-state index in [-0.39, 0.29) is 21.3 Å². The van der Waals surface area contributed by atoms with Crippen molar-refractivity contribution in [2.24, 2.45) is 0 Å². The Labute approximate surface area is 128 Å². The number of hydrogen-bond donors (Lipinski definition) is 1. The van der Waals surface area contributed by atoms with Crippen molar-refractivity contribution in [3.8, 4) is 11.3 Å². The fourth-order valence-electron chi connectivity index (χ4n) is 1.68. The molecule has 104 valence electrons. The van der Waals surface area contributed by atoms with E-state index >= 15 is 0 Å². The highest BCUT2D eigenvalue weighted by atomic mass is 35.5. The molecule has 0 aliphatic rings. The van der Waals surface area contributed by atoms with Gasteiger partial charge in [0, 0.05) is 11.1 Å². The van der Waals surface area contributed by atoms with Gasteiger partial charge in [-0.2, -0.15) is 0 Å². The van der Waals surface area contributed by atoms with E-state index in [1.807, 2.05) is 0 Å². The summed E-state index contributed by atoms with van der Waals surface area (Å²) in [6.07, 6.45) is 0.471. The highest BCUT2D eigenvalue weighted by Gasteiger charge is 2.16. The lowest BCUT2D eigenvalue weighted by atomic mass is 10.1. The number of rotatable bonds is 3. The summed E-state index contributed by atoms with van der Waals surface area (Å²) >= 11 is 18.0. The highest BCUT2D eigenvalue weighted by Crippen LogP contribution is 2.38. The third-order valence-electron chi connectivity index (χ3n) is 2.58. The lowest BCUT2D eigenvalue weighted by Gasteiger charge is -2.09. The lowest BCUT2D eigenvalue weighted by Crippen LogP contribution is -2.03. The van der Waals surface area contributed by atoms with E-state index in [9.17, 15) is 9.18 Å². The van der Waals surface area contributed by atoms with Crippen LogP contribution >= 0.6 is 34.8 Å². The van der Waals surface area contributed by atoms with E-state index in [0.29, 0.717) is 10.6 Å². The molecule has 0 radical (unpaired) electrons. The lowest BCUT2D eigenvalue weighted by molar-refractivity contribution is -0.136. The van der Waals surface area contributed by atoms with Gasteiger partial charge in [0.05, 0.1) is 33.4 Å². The molecule has 0 aliphatic carbocycles. The molecular weight excluding hydrogens is 328 g/mol. The third-order valence-corrected chi connectivity index (χ3v) is 3.70. The van der Waals surface area contributed by atoms with Crippen LogP contribution in [0.2, 0.25) is 15.1 Å². The smallest absolute Gasteiger partial charge is 0.307 e. The van der Waals surface area contributed by atoms with E-state index in [1.54, 1.807) is 0 Å². The second-order valence-electron chi connectivity index (χ2n) is 3.95. The molecule has 0 saturated carbocycles. The molecular formula is C13H7Cl3FNO2. The molecule has 3 nitrogen and oxygen atoms in total. The number of pyridine rings is 1. The standard InChI is InChI=1S/C13H7Cl3FNO2/c14-7-1-2-8(15)13(16)12(7)10-3-6(4-11(19)20)9(17)5-18-10/h1-3,5H,4H2,(H,19,20). The minimum atomic E-state index is -1.15. The van der Waals surface area contributed by atoms with E-state index in [2.05, 4.69) is 4.98 Å². The minimum Gasteiger partial charge on any atom is -0.481 e. The predicted molar refractivity (Wildman–Crippen MR) is 76.0 cm³/mol. The second kappa shape index (κ2) is 5.95. The number of aliphatic carboxylic acids is 1. The Bertz CT molecular complexity index is 692. The Morgan fingerprint density at radius 2 is 1.90 bits per heavy atom. The van der Waals surface area contributed by atoms with Gasteiger partial charge in [-0.05, 0) is 18.2 Å². The molecule has 0 atom stereocenters. The summed E-state index contributed by atoms with van der Waals surface area (Å²) in [6.45, 7) is 0. The normalized spacial score (nSPS) is 10.6. The fourth-order valence-corrected chi connectivity index (χ4v) is 2.40. The maximum atomic E-state index is 13.5. The highest BCUT2D eigenvalue weighted by molar-refractivity contribution is 6.46. The van der Waals surface area contributed by atoms with Crippen molar-refractivity contribution in [2.75, 3.05) is 0 Å². The zero-order valence-electron chi connectivity index (χ0n) is 9.83. The van der Waals surface area contributed by atoms with Gasteiger partial charge in [0.15, 0.2) is 0 Å². The zero-order valence-corrected chi connectivity index (χ0v) is 12.1. The SMILES string of the molecule is O=C(O)Cc1cc(-c2c(Cl)ccc(Cl)c2Cl)ncc1F.